The van der Waals surface area contributed by atoms with Crippen LogP contribution in [0.2, 0.25) is 0 Å². The van der Waals surface area contributed by atoms with Gasteiger partial charge >= 0.3 is 0 Å². The molecule has 0 spiro atoms. The maximum atomic E-state index is 6.26. The first-order chi connectivity index (χ1) is 9.15. The maximum Gasteiger partial charge on any atom is 0.138 e. The predicted octanol–water partition coefficient (Wildman–Crippen LogP) is 2.77. The number of nitrogens with zero attached hydrogens (tertiary/aromatic N) is 3. The van der Waals surface area contributed by atoms with Crippen LogP contribution in [0.3, 0.4) is 0 Å². The van der Waals surface area contributed by atoms with Crippen molar-refractivity contribution in [1.29, 1.82) is 0 Å². The Balaban J connectivity index is 1.77. The average Bonchev–Trinajstić information content (AvgIpc) is 2.98. The number of rotatable bonds is 7. The molecule has 2 rings (SSSR count). The molecule has 1 aliphatic rings. The summed E-state index contributed by atoms with van der Waals surface area (Å²) in [5.41, 5.74) is 6.26. The van der Waals surface area contributed by atoms with Crippen molar-refractivity contribution < 1.29 is 0 Å². The van der Waals surface area contributed by atoms with Crippen molar-refractivity contribution in [3.05, 3.63) is 12.2 Å². The van der Waals surface area contributed by atoms with Gasteiger partial charge in [-0.25, -0.2) is 9.67 Å². The molecule has 1 heterocycles. The molecular weight excluding hydrogens is 236 g/mol. The summed E-state index contributed by atoms with van der Waals surface area (Å²) < 4.78 is 2.01. The molecule has 1 aromatic heterocycles. The number of hydrogen-bond acceptors (Lipinski definition) is 3. The van der Waals surface area contributed by atoms with E-state index >= 15 is 0 Å². The van der Waals surface area contributed by atoms with Gasteiger partial charge in [-0.05, 0) is 24.7 Å². The molecule has 1 saturated carbocycles. The minimum Gasteiger partial charge on any atom is -0.327 e. The van der Waals surface area contributed by atoms with Gasteiger partial charge in [-0.2, -0.15) is 5.10 Å². The molecule has 1 unspecified atom stereocenters. The molecule has 1 aromatic rings. The molecule has 1 aliphatic carbocycles. The summed E-state index contributed by atoms with van der Waals surface area (Å²) in [6, 6.07) is 0.232. The normalized spacial score (nSPS) is 18.3. The van der Waals surface area contributed by atoms with Crippen LogP contribution >= 0.6 is 0 Å². The van der Waals surface area contributed by atoms with Crippen molar-refractivity contribution in [3.8, 4) is 0 Å². The van der Waals surface area contributed by atoms with Crippen LogP contribution in [0.4, 0.5) is 0 Å². The van der Waals surface area contributed by atoms with Gasteiger partial charge in [0.05, 0.1) is 0 Å². The first kappa shape index (κ1) is 14.5. The van der Waals surface area contributed by atoms with E-state index in [4.69, 9.17) is 5.73 Å². The SMILES string of the molecule is CC(C)Cn1ncnc1CC(N)CCC1CCCC1. The van der Waals surface area contributed by atoms with Crippen LogP contribution in [0.25, 0.3) is 0 Å². The van der Waals surface area contributed by atoms with Crippen LogP contribution in [-0.2, 0) is 13.0 Å². The molecule has 4 nitrogen and oxygen atoms in total. The molecule has 0 radical (unpaired) electrons. The molecule has 0 amide bonds. The minimum absolute atomic E-state index is 0.232. The summed E-state index contributed by atoms with van der Waals surface area (Å²) >= 11 is 0. The summed E-state index contributed by atoms with van der Waals surface area (Å²) in [5.74, 6) is 2.57. The lowest BCUT2D eigenvalue weighted by atomic mass is 9.97. The van der Waals surface area contributed by atoms with Gasteiger partial charge in [0, 0.05) is 19.0 Å². The van der Waals surface area contributed by atoms with Crippen LogP contribution in [0, 0.1) is 11.8 Å². The number of aromatic nitrogens is 3. The van der Waals surface area contributed by atoms with E-state index in [1.54, 1.807) is 6.33 Å². The third-order valence-corrected chi connectivity index (χ3v) is 4.10. The summed E-state index contributed by atoms with van der Waals surface area (Å²) in [4.78, 5) is 4.36. The van der Waals surface area contributed by atoms with Gasteiger partial charge in [0.1, 0.15) is 12.2 Å². The molecule has 0 saturated heterocycles. The quantitative estimate of drug-likeness (QED) is 0.824. The van der Waals surface area contributed by atoms with Crippen molar-refractivity contribution in [2.45, 2.75) is 71.4 Å². The molecule has 0 bridgehead atoms. The maximum absolute atomic E-state index is 6.26. The van der Waals surface area contributed by atoms with Gasteiger partial charge in [0.25, 0.3) is 0 Å². The largest absolute Gasteiger partial charge is 0.327 e. The molecule has 1 fully saturated rings. The van der Waals surface area contributed by atoms with E-state index in [1.165, 1.54) is 32.1 Å². The third-order valence-electron chi connectivity index (χ3n) is 4.10. The van der Waals surface area contributed by atoms with Gasteiger partial charge in [-0.1, -0.05) is 39.5 Å². The molecule has 0 aliphatic heterocycles. The number of hydrogen-bond donors (Lipinski definition) is 1. The zero-order valence-corrected chi connectivity index (χ0v) is 12.4. The van der Waals surface area contributed by atoms with Gasteiger partial charge in [0.15, 0.2) is 0 Å². The second-order valence-electron chi connectivity index (χ2n) is 6.44. The minimum atomic E-state index is 0.232. The third kappa shape index (κ3) is 4.60. The zero-order chi connectivity index (χ0) is 13.7. The topological polar surface area (TPSA) is 56.7 Å². The lowest BCUT2D eigenvalue weighted by Gasteiger charge is -2.15. The van der Waals surface area contributed by atoms with E-state index < -0.39 is 0 Å². The Bertz CT molecular complexity index is 366. The highest BCUT2D eigenvalue weighted by Gasteiger charge is 2.17. The Kier molecular flexibility index (Phi) is 5.37. The fourth-order valence-corrected chi connectivity index (χ4v) is 3.03. The average molecular weight is 264 g/mol. The van der Waals surface area contributed by atoms with Crippen molar-refractivity contribution in [3.63, 3.8) is 0 Å². The second-order valence-corrected chi connectivity index (χ2v) is 6.44. The first-order valence-electron chi connectivity index (χ1n) is 7.77. The van der Waals surface area contributed by atoms with Crippen LogP contribution in [-0.4, -0.2) is 20.8 Å². The van der Waals surface area contributed by atoms with Gasteiger partial charge < -0.3 is 5.73 Å². The summed E-state index contributed by atoms with van der Waals surface area (Å²) in [7, 11) is 0. The molecule has 1 atom stereocenters. The molecule has 0 aromatic carbocycles. The lowest BCUT2D eigenvalue weighted by molar-refractivity contribution is 0.426. The van der Waals surface area contributed by atoms with Gasteiger partial charge in [0.2, 0.25) is 0 Å². The van der Waals surface area contributed by atoms with Crippen molar-refractivity contribution in [1.82, 2.24) is 14.8 Å². The van der Waals surface area contributed by atoms with E-state index in [9.17, 15) is 0 Å². The Morgan fingerprint density at radius 2 is 2.11 bits per heavy atom. The van der Waals surface area contributed by atoms with E-state index in [1.807, 2.05) is 4.68 Å². The van der Waals surface area contributed by atoms with E-state index in [2.05, 4.69) is 23.9 Å². The monoisotopic (exact) mass is 264 g/mol. The van der Waals surface area contributed by atoms with E-state index in [0.717, 1.165) is 31.1 Å². The smallest absolute Gasteiger partial charge is 0.138 e. The van der Waals surface area contributed by atoms with Gasteiger partial charge in [-0.15, -0.1) is 0 Å². The summed E-state index contributed by atoms with van der Waals surface area (Å²) in [6.07, 6.45) is 10.6. The number of nitrogens with two attached hydrogens (primary N) is 1. The van der Waals surface area contributed by atoms with Crippen LogP contribution in [0.15, 0.2) is 6.33 Å². The fraction of sp³-hybridized carbons (Fsp3) is 0.867. The Morgan fingerprint density at radius 1 is 1.37 bits per heavy atom. The zero-order valence-electron chi connectivity index (χ0n) is 12.4. The van der Waals surface area contributed by atoms with Crippen LogP contribution in [0.1, 0.15) is 58.2 Å². The van der Waals surface area contributed by atoms with Gasteiger partial charge in [-0.3, -0.25) is 0 Å². The molecular formula is C15H28N4. The second kappa shape index (κ2) is 7.04. The Labute approximate surface area is 116 Å². The molecule has 108 valence electrons. The van der Waals surface area contributed by atoms with Crippen LogP contribution < -0.4 is 5.73 Å². The lowest BCUT2D eigenvalue weighted by Crippen LogP contribution is -2.26. The first-order valence-corrected chi connectivity index (χ1v) is 7.77. The Morgan fingerprint density at radius 3 is 2.79 bits per heavy atom. The standard InChI is InChI=1S/C15H28N4/c1-12(2)10-19-15(17-11-18-19)9-14(16)8-7-13-5-3-4-6-13/h11-14H,3-10,16H2,1-2H3. The highest BCUT2D eigenvalue weighted by atomic mass is 15.3. The van der Waals surface area contributed by atoms with E-state index in [0.29, 0.717) is 5.92 Å². The van der Waals surface area contributed by atoms with Crippen molar-refractivity contribution >= 4 is 0 Å². The van der Waals surface area contributed by atoms with Crippen molar-refractivity contribution in [2.75, 3.05) is 0 Å². The predicted molar refractivity (Wildman–Crippen MR) is 77.7 cm³/mol. The van der Waals surface area contributed by atoms with Crippen LogP contribution in [0.5, 0.6) is 0 Å². The van der Waals surface area contributed by atoms with E-state index in [-0.39, 0.29) is 6.04 Å². The van der Waals surface area contributed by atoms with Crippen molar-refractivity contribution in [2.24, 2.45) is 17.6 Å². The highest BCUT2D eigenvalue weighted by Crippen LogP contribution is 2.28. The highest BCUT2D eigenvalue weighted by molar-refractivity contribution is 4.89. The molecule has 19 heavy (non-hydrogen) atoms. The summed E-state index contributed by atoms with van der Waals surface area (Å²) in [6.45, 7) is 5.33. The fourth-order valence-electron chi connectivity index (χ4n) is 3.03. The molecule has 4 heteroatoms. The Hall–Kier alpha value is -0.900. The molecule has 2 N–H and O–H groups in total. The summed E-state index contributed by atoms with van der Waals surface area (Å²) in [5, 5.41) is 4.30.